The summed E-state index contributed by atoms with van der Waals surface area (Å²) in [5, 5.41) is 2.82. The molecule has 1 aliphatic carbocycles. The molecule has 0 heterocycles. The van der Waals surface area contributed by atoms with E-state index in [0.29, 0.717) is 25.7 Å². The van der Waals surface area contributed by atoms with Crippen molar-refractivity contribution in [3.05, 3.63) is 0 Å². The van der Waals surface area contributed by atoms with Gasteiger partial charge in [0, 0.05) is 12.5 Å². The third kappa shape index (κ3) is 4.00. The minimum absolute atomic E-state index is 0.00312. The van der Waals surface area contributed by atoms with Crippen LogP contribution < -0.4 is 16.8 Å². The number of nitrogens with two attached hydrogens (primary N) is 2. The minimum Gasteiger partial charge on any atom is -0.368 e. The van der Waals surface area contributed by atoms with Gasteiger partial charge in [0.05, 0.1) is 0 Å². The summed E-state index contributed by atoms with van der Waals surface area (Å²) in [6.45, 7) is 1.86. The monoisotopic (exact) mass is 241 g/mol. The summed E-state index contributed by atoms with van der Waals surface area (Å²) >= 11 is 0. The second-order valence-corrected chi connectivity index (χ2v) is 5.07. The van der Waals surface area contributed by atoms with Crippen LogP contribution >= 0.6 is 0 Å². The van der Waals surface area contributed by atoms with Crippen molar-refractivity contribution in [2.24, 2.45) is 11.5 Å². The molecule has 0 aromatic heterocycles. The Hall–Kier alpha value is -1.10. The molecule has 0 saturated heterocycles. The molecule has 17 heavy (non-hydrogen) atoms. The molecule has 0 radical (unpaired) electrons. The molecule has 0 spiro atoms. The molecule has 1 aliphatic rings. The highest BCUT2D eigenvalue weighted by molar-refractivity contribution is 5.90. The molecule has 0 bridgehead atoms. The van der Waals surface area contributed by atoms with E-state index in [1.54, 1.807) is 0 Å². The van der Waals surface area contributed by atoms with Gasteiger partial charge in [-0.3, -0.25) is 9.59 Å². The molecule has 5 N–H and O–H groups in total. The third-order valence-corrected chi connectivity index (χ3v) is 3.38. The zero-order chi connectivity index (χ0) is 12.9. The van der Waals surface area contributed by atoms with Crippen LogP contribution in [-0.4, -0.2) is 23.4 Å². The number of hydrogen-bond donors (Lipinski definition) is 3. The van der Waals surface area contributed by atoms with Gasteiger partial charge in [0.25, 0.3) is 0 Å². The average Bonchev–Trinajstić information content (AvgIpc) is 2.27. The number of amides is 2. The van der Waals surface area contributed by atoms with Crippen molar-refractivity contribution in [2.75, 3.05) is 0 Å². The molecule has 0 aliphatic heterocycles. The van der Waals surface area contributed by atoms with Crippen molar-refractivity contribution in [1.29, 1.82) is 0 Å². The molecule has 1 rings (SSSR count). The highest BCUT2D eigenvalue weighted by Crippen LogP contribution is 2.28. The Morgan fingerprint density at radius 1 is 1.29 bits per heavy atom. The van der Waals surface area contributed by atoms with Crippen molar-refractivity contribution in [3.8, 4) is 0 Å². The number of rotatable bonds is 5. The second kappa shape index (κ2) is 6.00. The first-order chi connectivity index (χ1) is 7.96. The maximum atomic E-state index is 11.8. The summed E-state index contributed by atoms with van der Waals surface area (Å²) in [7, 11) is 0. The summed E-state index contributed by atoms with van der Waals surface area (Å²) in [6.07, 6.45) is 5.28. The van der Waals surface area contributed by atoms with Crippen LogP contribution in [0.3, 0.4) is 0 Å². The van der Waals surface area contributed by atoms with Crippen LogP contribution in [0.25, 0.3) is 0 Å². The fourth-order valence-corrected chi connectivity index (χ4v) is 2.28. The average molecular weight is 241 g/mol. The zero-order valence-electron chi connectivity index (χ0n) is 10.5. The molecule has 1 atom stereocenters. The molecule has 5 heteroatoms. The van der Waals surface area contributed by atoms with Crippen LogP contribution in [0.15, 0.2) is 0 Å². The van der Waals surface area contributed by atoms with Crippen molar-refractivity contribution in [3.63, 3.8) is 0 Å². The molecule has 0 aromatic rings. The van der Waals surface area contributed by atoms with Crippen molar-refractivity contribution >= 4 is 11.8 Å². The first kappa shape index (κ1) is 14.0. The van der Waals surface area contributed by atoms with Gasteiger partial charge in [-0.25, -0.2) is 0 Å². The predicted molar refractivity (Wildman–Crippen MR) is 66.0 cm³/mol. The standard InChI is InChI=1S/C12H23N3O2/c1-9(13)5-6-10(16)15-12(11(14)17)7-3-2-4-8-12/h9H,2-8,13H2,1H3,(H2,14,17)(H,15,16). The van der Waals surface area contributed by atoms with Gasteiger partial charge in [-0.15, -0.1) is 0 Å². The third-order valence-electron chi connectivity index (χ3n) is 3.38. The molecule has 1 fully saturated rings. The smallest absolute Gasteiger partial charge is 0.243 e. The van der Waals surface area contributed by atoms with Gasteiger partial charge < -0.3 is 16.8 Å². The van der Waals surface area contributed by atoms with Gasteiger partial charge >= 0.3 is 0 Å². The Labute approximate surface area is 102 Å². The Bertz CT molecular complexity index is 283. The lowest BCUT2D eigenvalue weighted by molar-refractivity contribution is -0.133. The van der Waals surface area contributed by atoms with Gasteiger partial charge in [-0.2, -0.15) is 0 Å². The summed E-state index contributed by atoms with van der Waals surface area (Å²) in [6, 6.07) is -0.00312. The Balaban J connectivity index is 2.54. The second-order valence-electron chi connectivity index (χ2n) is 5.07. The molecule has 1 unspecified atom stereocenters. The molecule has 5 nitrogen and oxygen atoms in total. The van der Waals surface area contributed by atoms with Crippen molar-refractivity contribution < 1.29 is 9.59 Å². The highest BCUT2D eigenvalue weighted by Gasteiger charge is 2.38. The number of primary amides is 1. The summed E-state index contributed by atoms with van der Waals surface area (Å²) < 4.78 is 0. The molecular formula is C12H23N3O2. The topological polar surface area (TPSA) is 98.2 Å². The lowest BCUT2D eigenvalue weighted by Gasteiger charge is -2.35. The SMILES string of the molecule is CC(N)CCC(=O)NC1(C(N)=O)CCCCC1. The van der Waals surface area contributed by atoms with Gasteiger partial charge in [0.1, 0.15) is 5.54 Å². The largest absolute Gasteiger partial charge is 0.368 e. The van der Waals surface area contributed by atoms with E-state index in [4.69, 9.17) is 11.5 Å². The van der Waals surface area contributed by atoms with E-state index in [2.05, 4.69) is 5.32 Å². The number of carbonyl (C=O) groups excluding carboxylic acids is 2. The fourth-order valence-electron chi connectivity index (χ4n) is 2.28. The van der Waals surface area contributed by atoms with Gasteiger partial charge in [-0.1, -0.05) is 19.3 Å². The van der Waals surface area contributed by atoms with Crippen LogP contribution in [-0.2, 0) is 9.59 Å². The summed E-state index contributed by atoms with van der Waals surface area (Å²) in [4.78, 5) is 23.3. The van der Waals surface area contributed by atoms with Crippen LogP contribution in [0.1, 0.15) is 51.9 Å². The van der Waals surface area contributed by atoms with E-state index >= 15 is 0 Å². The lowest BCUT2D eigenvalue weighted by Crippen LogP contribution is -2.58. The van der Waals surface area contributed by atoms with E-state index in [1.165, 1.54) is 0 Å². The maximum absolute atomic E-state index is 11.8. The van der Waals surface area contributed by atoms with Crippen LogP contribution in [0, 0.1) is 0 Å². The summed E-state index contributed by atoms with van der Waals surface area (Å²) in [5.74, 6) is -0.533. The number of hydrogen-bond acceptors (Lipinski definition) is 3. The zero-order valence-corrected chi connectivity index (χ0v) is 10.5. The first-order valence-electron chi connectivity index (χ1n) is 6.33. The van der Waals surface area contributed by atoms with Gasteiger partial charge in [0.2, 0.25) is 11.8 Å². The predicted octanol–water partition coefficient (Wildman–Crippen LogP) is 0.418. The maximum Gasteiger partial charge on any atom is 0.243 e. The van der Waals surface area contributed by atoms with E-state index in [1.807, 2.05) is 6.92 Å². The van der Waals surface area contributed by atoms with Crippen molar-refractivity contribution in [2.45, 2.75) is 63.5 Å². The fraction of sp³-hybridized carbons (Fsp3) is 0.833. The highest BCUT2D eigenvalue weighted by atomic mass is 16.2. The van der Waals surface area contributed by atoms with Crippen LogP contribution in [0.5, 0.6) is 0 Å². The molecule has 2 amide bonds. The normalized spacial score (nSPS) is 20.6. The quantitative estimate of drug-likeness (QED) is 0.650. The minimum atomic E-state index is -0.812. The van der Waals surface area contributed by atoms with E-state index in [-0.39, 0.29) is 11.9 Å². The first-order valence-corrected chi connectivity index (χ1v) is 6.33. The summed E-state index contributed by atoms with van der Waals surface area (Å²) in [5.41, 5.74) is 10.2. The van der Waals surface area contributed by atoms with E-state index in [0.717, 1.165) is 19.3 Å². The molecule has 98 valence electrons. The molecular weight excluding hydrogens is 218 g/mol. The Morgan fingerprint density at radius 3 is 2.35 bits per heavy atom. The van der Waals surface area contributed by atoms with Gasteiger partial charge in [0.15, 0.2) is 0 Å². The van der Waals surface area contributed by atoms with E-state index in [9.17, 15) is 9.59 Å². The number of carbonyl (C=O) groups is 2. The Kier molecular flexibility index (Phi) is 4.93. The molecule has 0 aromatic carbocycles. The van der Waals surface area contributed by atoms with Crippen molar-refractivity contribution in [1.82, 2.24) is 5.32 Å². The van der Waals surface area contributed by atoms with E-state index < -0.39 is 11.4 Å². The lowest BCUT2D eigenvalue weighted by atomic mass is 9.81. The van der Waals surface area contributed by atoms with Crippen LogP contribution in [0.2, 0.25) is 0 Å². The Morgan fingerprint density at radius 2 is 1.88 bits per heavy atom. The van der Waals surface area contributed by atoms with Gasteiger partial charge in [-0.05, 0) is 26.2 Å². The molecule has 1 saturated carbocycles. The number of nitrogens with one attached hydrogen (secondary N) is 1. The van der Waals surface area contributed by atoms with Crippen LogP contribution in [0.4, 0.5) is 0 Å².